The minimum absolute atomic E-state index is 0.0540. The standard InChI is InChI=1S/C23H20ClN3O2/c1-2-28-21-10-4-9-18-20-13-19(16-7-5-11-25-14-16)26-27(20)23(29-22(18)21)15-6-3-8-17(24)12-15/h3-12,14,20,23H,2,13H2,1H3/t20-,23-/m1/s1. The molecule has 0 fully saturated rings. The second kappa shape index (κ2) is 7.41. The van der Waals surface area contributed by atoms with Gasteiger partial charge >= 0.3 is 0 Å². The number of para-hydroxylation sites is 1. The molecule has 0 spiro atoms. The van der Waals surface area contributed by atoms with Gasteiger partial charge in [-0.15, -0.1) is 0 Å². The van der Waals surface area contributed by atoms with Crippen LogP contribution in [0.2, 0.25) is 5.02 Å². The summed E-state index contributed by atoms with van der Waals surface area (Å²) in [5.74, 6) is 1.54. The van der Waals surface area contributed by atoms with Crippen molar-refractivity contribution < 1.29 is 9.47 Å². The molecule has 6 heteroatoms. The van der Waals surface area contributed by atoms with Gasteiger partial charge in [0.05, 0.1) is 18.4 Å². The maximum absolute atomic E-state index is 6.47. The van der Waals surface area contributed by atoms with Gasteiger partial charge in [-0.3, -0.25) is 4.98 Å². The van der Waals surface area contributed by atoms with Crippen molar-refractivity contribution in [3.8, 4) is 11.5 Å². The fourth-order valence-electron chi connectivity index (χ4n) is 3.94. The summed E-state index contributed by atoms with van der Waals surface area (Å²) in [6.45, 7) is 2.55. The van der Waals surface area contributed by atoms with Crippen molar-refractivity contribution in [3.05, 3.63) is 88.7 Å². The number of rotatable bonds is 4. The van der Waals surface area contributed by atoms with Gasteiger partial charge in [-0.25, -0.2) is 5.01 Å². The van der Waals surface area contributed by atoms with Gasteiger partial charge in [0.15, 0.2) is 11.5 Å². The molecule has 146 valence electrons. The first-order valence-corrected chi connectivity index (χ1v) is 10.1. The molecular formula is C23H20ClN3O2. The molecule has 3 aromatic rings. The summed E-state index contributed by atoms with van der Waals surface area (Å²) < 4.78 is 12.3. The monoisotopic (exact) mass is 405 g/mol. The smallest absolute Gasteiger partial charge is 0.214 e. The van der Waals surface area contributed by atoms with Crippen LogP contribution in [0.5, 0.6) is 11.5 Å². The molecule has 0 amide bonds. The first kappa shape index (κ1) is 18.0. The number of hydrogen-bond acceptors (Lipinski definition) is 5. The number of benzene rings is 2. The van der Waals surface area contributed by atoms with Crippen molar-refractivity contribution in [1.82, 2.24) is 9.99 Å². The molecule has 0 aliphatic carbocycles. The van der Waals surface area contributed by atoms with Crippen molar-refractivity contribution >= 4 is 17.3 Å². The van der Waals surface area contributed by atoms with Crippen molar-refractivity contribution in [2.24, 2.45) is 5.10 Å². The van der Waals surface area contributed by atoms with E-state index in [0.717, 1.165) is 40.3 Å². The van der Waals surface area contributed by atoms with E-state index in [1.807, 2.05) is 66.7 Å². The molecule has 29 heavy (non-hydrogen) atoms. The minimum Gasteiger partial charge on any atom is -0.490 e. The predicted molar refractivity (Wildman–Crippen MR) is 112 cm³/mol. The van der Waals surface area contributed by atoms with Gasteiger partial charge in [0.1, 0.15) is 0 Å². The van der Waals surface area contributed by atoms with Crippen LogP contribution in [0.15, 0.2) is 72.1 Å². The maximum atomic E-state index is 6.47. The van der Waals surface area contributed by atoms with Gasteiger partial charge in [-0.1, -0.05) is 41.9 Å². The van der Waals surface area contributed by atoms with E-state index >= 15 is 0 Å². The molecular weight excluding hydrogens is 386 g/mol. The molecule has 2 aliphatic rings. The highest BCUT2D eigenvalue weighted by atomic mass is 35.5. The fourth-order valence-corrected chi connectivity index (χ4v) is 4.14. The van der Waals surface area contributed by atoms with Crippen molar-refractivity contribution in [1.29, 1.82) is 0 Å². The van der Waals surface area contributed by atoms with Gasteiger partial charge < -0.3 is 9.47 Å². The van der Waals surface area contributed by atoms with Gasteiger partial charge in [0.25, 0.3) is 0 Å². The highest BCUT2D eigenvalue weighted by Crippen LogP contribution is 2.50. The SMILES string of the molecule is CCOc1cccc2c1O[C@H](c1cccc(Cl)c1)N1N=C(c3cccnc3)C[C@H]21. The highest BCUT2D eigenvalue weighted by Gasteiger charge is 2.42. The normalized spacial score (nSPS) is 19.8. The van der Waals surface area contributed by atoms with E-state index in [1.165, 1.54) is 0 Å². The zero-order valence-corrected chi connectivity index (χ0v) is 16.7. The average molecular weight is 406 g/mol. The van der Waals surface area contributed by atoms with Crippen molar-refractivity contribution in [2.75, 3.05) is 6.61 Å². The number of aromatic nitrogens is 1. The predicted octanol–water partition coefficient (Wildman–Crippen LogP) is 5.38. The number of nitrogens with zero attached hydrogens (tertiary/aromatic N) is 3. The first-order valence-electron chi connectivity index (χ1n) is 9.68. The van der Waals surface area contributed by atoms with Crippen LogP contribution >= 0.6 is 11.6 Å². The maximum Gasteiger partial charge on any atom is 0.214 e. The molecule has 0 saturated heterocycles. The van der Waals surface area contributed by atoms with Crippen LogP contribution in [0.1, 0.15) is 42.3 Å². The number of ether oxygens (including phenoxy) is 2. The molecule has 5 rings (SSSR count). The lowest BCUT2D eigenvalue weighted by Gasteiger charge is -2.38. The third-order valence-corrected chi connectivity index (χ3v) is 5.44. The number of hydrazone groups is 1. The van der Waals surface area contributed by atoms with E-state index in [1.54, 1.807) is 6.20 Å². The largest absolute Gasteiger partial charge is 0.490 e. The molecule has 0 N–H and O–H groups in total. The average Bonchev–Trinajstić information content (AvgIpc) is 3.20. The number of fused-ring (bicyclic) bond motifs is 3. The van der Waals surface area contributed by atoms with E-state index in [9.17, 15) is 0 Å². The van der Waals surface area contributed by atoms with Crippen LogP contribution in [0, 0.1) is 0 Å². The van der Waals surface area contributed by atoms with E-state index in [-0.39, 0.29) is 12.3 Å². The van der Waals surface area contributed by atoms with Crippen LogP contribution in [0.25, 0.3) is 0 Å². The molecule has 1 aromatic heterocycles. The second-order valence-corrected chi connectivity index (χ2v) is 7.46. The fraction of sp³-hybridized carbons (Fsp3) is 0.217. The highest BCUT2D eigenvalue weighted by molar-refractivity contribution is 6.30. The topological polar surface area (TPSA) is 47.0 Å². The Bertz CT molecular complexity index is 1070. The summed E-state index contributed by atoms with van der Waals surface area (Å²) in [5.41, 5.74) is 4.05. The molecule has 0 saturated carbocycles. The number of hydrogen-bond donors (Lipinski definition) is 0. The minimum atomic E-state index is -0.387. The summed E-state index contributed by atoms with van der Waals surface area (Å²) in [6, 6.07) is 17.8. The second-order valence-electron chi connectivity index (χ2n) is 7.02. The van der Waals surface area contributed by atoms with Crippen LogP contribution in [0.4, 0.5) is 0 Å². The Kier molecular flexibility index (Phi) is 4.60. The Morgan fingerprint density at radius 3 is 2.86 bits per heavy atom. The molecule has 5 nitrogen and oxygen atoms in total. The zero-order valence-electron chi connectivity index (χ0n) is 16.0. The summed E-state index contributed by atoms with van der Waals surface area (Å²) in [5, 5.41) is 7.65. The Hall–Kier alpha value is -3.05. The van der Waals surface area contributed by atoms with Crippen molar-refractivity contribution in [2.45, 2.75) is 25.6 Å². The Morgan fingerprint density at radius 2 is 2.07 bits per heavy atom. The lowest BCUT2D eigenvalue weighted by Crippen LogP contribution is -2.33. The summed E-state index contributed by atoms with van der Waals surface area (Å²) in [4.78, 5) is 4.25. The molecule has 2 atom stereocenters. The van der Waals surface area contributed by atoms with Gasteiger partial charge in [-0.05, 0) is 31.2 Å². The summed E-state index contributed by atoms with van der Waals surface area (Å²) >= 11 is 6.27. The van der Waals surface area contributed by atoms with Gasteiger partial charge in [0, 0.05) is 40.5 Å². The van der Waals surface area contributed by atoms with E-state index < -0.39 is 0 Å². The molecule has 2 aliphatic heterocycles. The van der Waals surface area contributed by atoms with Crippen LogP contribution in [0.3, 0.4) is 0 Å². The van der Waals surface area contributed by atoms with E-state index in [4.69, 9.17) is 26.2 Å². The van der Waals surface area contributed by atoms with E-state index in [2.05, 4.69) is 11.1 Å². The van der Waals surface area contributed by atoms with Gasteiger partial charge in [0.2, 0.25) is 6.23 Å². The molecule has 0 unspecified atom stereocenters. The van der Waals surface area contributed by atoms with Crippen LogP contribution in [-0.2, 0) is 0 Å². The van der Waals surface area contributed by atoms with Crippen LogP contribution in [-0.4, -0.2) is 22.3 Å². The first-order chi connectivity index (χ1) is 14.2. The molecule has 3 heterocycles. The molecule has 0 bridgehead atoms. The quantitative estimate of drug-likeness (QED) is 0.585. The molecule has 2 aromatic carbocycles. The van der Waals surface area contributed by atoms with Gasteiger partial charge in [-0.2, -0.15) is 5.10 Å². The molecule has 0 radical (unpaired) electrons. The summed E-state index contributed by atoms with van der Waals surface area (Å²) in [7, 11) is 0. The zero-order chi connectivity index (χ0) is 19.8. The summed E-state index contributed by atoms with van der Waals surface area (Å²) in [6.07, 6.45) is 4.01. The van der Waals surface area contributed by atoms with E-state index in [0.29, 0.717) is 11.6 Å². The number of halogens is 1. The Morgan fingerprint density at radius 1 is 1.17 bits per heavy atom. The lowest BCUT2D eigenvalue weighted by atomic mass is 9.96. The third kappa shape index (κ3) is 3.21. The third-order valence-electron chi connectivity index (χ3n) is 5.21. The Labute approximate surface area is 174 Å². The van der Waals surface area contributed by atoms with Crippen molar-refractivity contribution in [3.63, 3.8) is 0 Å². The van der Waals surface area contributed by atoms with Crippen LogP contribution < -0.4 is 9.47 Å². The number of pyridine rings is 1. The Balaban J connectivity index is 1.62. The lowest BCUT2D eigenvalue weighted by molar-refractivity contribution is -0.0212.